The number of methoxy groups -OCH3 is 2. The Balaban J connectivity index is 2.68. The van der Waals surface area contributed by atoms with E-state index in [9.17, 15) is 19.8 Å². The number of pyridine rings is 1. The Hall–Kier alpha value is -3.16. The molecule has 27 heavy (non-hydrogen) atoms. The molecule has 0 aliphatic heterocycles. The maximum absolute atomic E-state index is 12.5. The lowest BCUT2D eigenvalue weighted by atomic mass is 9.88. The van der Waals surface area contributed by atoms with E-state index in [1.54, 1.807) is 13.8 Å². The fourth-order valence-corrected chi connectivity index (χ4v) is 2.91. The second-order valence-corrected chi connectivity index (χ2v) is 5.92. The van der Waals surface area contributed by atoms with E-state index >= 15 is 0 Å². The van der Waals surface area contributed by atoms with Crippen molar-refractivity contribution in [2.24, 2.45) is 0 Å². The predicted molar refractivity (Wildman–Crippen MR) is 97.8 cm³/mol. The number of phenols is 1. The lowest BCUT2D eigenvalue weighted by Gasteiger charge is -2.20. The molecule has 0 saturated heterocycles. The number of hydrogen-bond acceptors (Lipinski definition) is 7. The number of aromatic nitrogens is 1. The minimum Gasteiger partial charge on any atom is -0.507 e. The number of hydrogen-bond donors (Lipinski definition) is 3. The van der Waals surface area contributed by atoms with E-state index in [1.807, 2.05) is 0 Å². The van der Waals surface area contributed by atoms with Crippen LogP contribution in [0.4, 0.5) is 0 Å². The number of aromatic amines is 1. The summed E-state index contributed by atoms with van der Waals surface area (Å²) in [5, 5.41) is 20.5. The Morgan fingerprint density at radius 1 is 1.15 bits per heavy atom. The zero-order valence-electron chi connectivity index (χ0n) is 15.7. The minimum absolute atomic E-state index is 0.0171. The number of phenolic OH excluding ortho intramolecular Hbond substituents is 1. The molecule has 2 aromatic rings. The molecular formula is C19H23NO7. The van der Waals surface area contributed by atoms with Gasteiger partial charge in [0, 0.05) is 11.6 Å². The zero-order valence-corrected chi connectivity index (χ0v) is 15.7. The maximum atomic E-state index is 12.5. The lowest BCUT2D eigenvalue weighted by Crippen LogP contribution is -2.21. The topological polar surface area (TPSA) is 118 Å². The van der Waals surface area contributed by atoms with Crippen LogP contribution >= 0.6 is 0 Å². The van der Waals surface area contributed by atoms with E-state index in [1.165, 1.54) is 32.4 Å². The molecule has 1 atom stereocenters. The van der Waals surface area contributed by atoms with Crippen molar-refractivity contribution in [2.75, 3.05) is 20.8 Å². The van der Waals surface area contributed by atoms with Gasteiger partial charge in [-0.1, -0.05) is 0 Å². The van der Waals surface area contributed by atoms with Gasteiger partial charge in [0.1, 0.15) is 5.75 Å². The maximum Gasteiger partial charge on any atom is 0.306 e. The molecule has 0 aliphatic rings. The third kappa shape index (κ3) is 4.33. The summed E-state index contributed by atoms with van der Waals surface area (Å²) >= 11 is 0. The summed E-state index contributed by atoms with van der Waals surface area (Å²) in [5.74, 6) is -1.59. The van der Waals surface area contributed by atoms with E-state index in [0.29, 0.717) is 11.3 Å². The smallest absolute Gasteiger partial charge is 0.306 e. The van der Waals surface area contributed by atoms with Gasteiger partial charge in [-0.2, -0.15) is 0 Å². The summed E-state index contributed by atoms with van der Waals surface area (Å²) in [6.07, 6.45) is -0.190. The summed E-state index contributed by atoms with van der Waals surface area (Å²) in [6.45, 7) is 3.50. The summed E-state index contributed by atoms with van der Waals surface area (Å²) in [5.41, 5.74) is 0.424. The number of ether oxygens (including phenoxy) is 3. The van der Waals surface area contributed by atoms with Gasteiger partial charge in [-0.25, -0.2) is 0 Å². The van der Waals surface area contributed by atoms with Crippen molar-refractivity contribution in [1.29, 1.82) is 0 Å². The minimum atomic E-state index is -0.836. The molecule has 0 aliphatic carbocycles. The van der Waals surface area contributed by atoms with Gasteiger partial charge in [0.05, 0.1) is 32.8 Å². The molecule has 3 N–H and O–H groups in total. The van der Waals surface area contributed by atoms with Crippen molar-refractivity contribution in [2.45, 2.75) is 26.2 Å². The highest BCUT2D eigenvalue weighted by Crippen LogP contribution is 2.42. The summed E-state index contributed by atoms with van der Waals surface area (Å²) in [6, 6.07) is 4.38. The molecule has 2 rings (SSSR count). The zero-order chi connectivity index (χ0) is 20.1. The van der Waals surface area contributed by atoms with Crippen molar-refractivity contribution in [3.63, 3.8) is 0 Å². The molecule has 1 aromatic heterocycles. The van der Waals surface area contributed by atoms with E-state index < -0.39 is 17.4 Å². The predicted octanol–water partition coefficient (Wildman–Crippen LogP) is 2.20. The van der Waals surface area contributed by atoms with Crippen LogP contribution in [0.5, 0.6) is 23.0 Å². The van der Waals surface area contributed by atoms with Crippen molar-refractivity contribution >= 4 is 5.97 Å². The molecule has 8 heteroatoms. The quantitative estimate of drug-likeness (QED) is 0.633. The van der Waals surface area contributed by atoms with Crippen LogP contribution in [0.2, 0.25) is 0 Å². The normalized spacial score (nSPS) is 11.7. The number of aryl methyl sites for hydroxylation is 1. The molecule has 0 unspecified atom stereocenters. The van der Waals surface area contributed by atoms with Crippen molar-refractivity contribution in [3.05, 3.63) is 45.4 Å². The fourth-order valence-electron chi connectivity index (χ4n) is 2.91. The third-order valence-corrected chi connectivity index (χ3v) is 4.11. The third-order valence-electron chi connectivity index (χ3n) is 4.11. The molecule has 0 bridgehead atoms. The van der Waals surface area contributed by atoms with E-state index in [-0.39, 0.29) is 41.6 Å². The van der Waals surface area contributed by atoms with Gasteiger partial charge in [-0.05, 0) is 37.6 Å². The van der Waals surface area contributed by atoms with Crippen LogP contribution in [0.3, 0.4) is 0 Å². The first-order valence-corrected chi connectivity index (χ1v) is 8.35. The van der Waals surface area contributed by atoms with Gasteiger partial charge in [-0.3, -0.25) is 9.59 Å². The van der Waals surface area contributed by atoms with E-state index in [4.69, 9.17) is 14.2 Å². The Labute approximate surface area is 156 Å². The van der Waals surface area contributed by atoms with Gasteiger partial charge < -0.3 is 29.4 Å². The Morgan fingerprint density at radius 3 is 2.22 bits per heavy atom. The number of nitrogens with one attached hydrogen (secondary N) is 1. The number of benzene rings is 1. The first-order chi connectivity index (χ1) is 12.8. The highest BCUT2D eigenvalue weighted by molar-refractivity contribution is 5.72. The van der Waals surface area contributed by atoms with E-state index in [2.05, 4.69) is 4.98 Å². The second kappa shape index (κ2) is 8.48. The van der Waals surface area contributed by atoms with E-state index in [0.717, 1.165) is 0 Å². The summed E-state index contributed by atoms with van der Waals surface area (Å²) in [4.78, 5) is 27.3. The molecule has 0 amide bonds. The number of H-pyrrole nitrogens is 1. The van der Waals surface area contributed by atoms with Crippen LogP contribution in [0, 0.1) is 6.92 Å². The molecular weight excluding hydrogens is 354 g/mol. The Morgan fingerprint density at radius 2 is 1.74 bits per heavy atom. The number of aromatic hydroxyl groups is 2. The first kappa shape index (κ1) is 20.2. The van der Waals surface area contributed by atoms with Gasteiger partial charge >= 0.3 is 5.97 Å². The Bertz CT molecular complexity index is 863. The SMILES string of the molecule is CCOC(=O)C[C@@H](c1cc(OC)c(O)c(OC)c1)c1c(O)cc(C)[nH]c1=O. The fraction of sp³-hybridized carbons (Fsp3) is 0.368. The van der Waals surface area contributed by atoms with Crippen molar-refractivity contribution in [3.8, 4) is 23.0 Å². The summed E-state index contributed by atoms with van der Waals surface area (Å²) in [7, 11) is 2.74. The molecule has 0 radical (unpaired) electrons. The summed E-state index contributed by atoms with van der Waals surface area (Å²) < 4.78 is 15.3. The molecule has 146 valence electrons. The standard InChI is InChI=1S/C19H23NO7/c1-5-27-16(22)9-12(17-13(21)6-10(2)20-19(17)24)11-7-14(25-3)18(23)15(8-11)26-4/h6-8,12,23H,5,9H2,1-4H3,(H2,20,21,24)/t12-/m0/s1. The molecule has 0 saturated carbocycles. The average molecular weight is 377 g/mol. The molecule has 0 fully saturated rings. The van der Waals surface area contributed by atoms with Crippen LogP contribution in [0.1, 0.15) is 36.1 Å². The van der Waals surface area contributed by atoms with Crippen molar-refractivity contribution < 1.29 is 29.2 Å². The first-order valence-electron chi connectivity index (χ1n) is 8.35. The Kier molecular flexibility index (Phi) is 6.33. The van der Waals surface area contributed by atoms with Crippen LogP contribution in [0.25, 0.3) is 0 Å². The molecule has 1 aromatic carbocycles. The van der Waals surface area contributed by atoms with Crippen LogP contribution in [0.15, 0.2) is 23.0 Å². The van der Waals surface area contributed by atoms with Gasteiger partial charge in [0.2, 0.25) is 5.75 Å². The monoisotopic (exact) mass is 377 g/mol. The lowest BCUT2D eigenvalue weighted by molar-refractivity contribution is -0.143. The highest BCUT2D eigenvalue weighted by Gasteiger charge is 2.27. The van der Waals surface area contributed by atoms with Gasteiger partial charge in [0.25, 0.3) is 5.56 Å². The number of rotatable bonds is 7. The highest BCUT2D eigenvalue weighted by atomic mass is 16.5. The molecule has 1 heterocycles. The number of esters is 1. The average Bonchev–Trinajstić information content (AvgIpc) is 2.60. The van der Waals surface area contributed by atoms with Crippen LogP contribution < -0.4 is 15.0 Å². The van der Waals surface area contributed by atoms with Crippen molar-refractivity contribution in [1.82, 2.24) is 4.98 Å². The largest absolute Gasteiger partial charge is 0.507 e. The molecule has 0 spiro atoms. The van der Waals surface area contributed by atoms with Crippen LogP contribution in [-0.4, -0.2) is 42.0 Å². The second-order valence-electron chi connectivity index (χ2n) is 5.92. The van der Waals surface area contributed by atoms with Gasteiger partial charge in [0.15, 0.2) is 11.5 Å². The van der Waals surface area contributed by atoms with Crippen LogP contribution in [-0.2, 0) is 9.53 Å². The number of carbonyl (C=O) groups is 1. The van der Waals surface area contributed by atoms with Gasteiger partial charge in [-0.15, -0.1) is 0 Å². The number of carbonyl (C=O) groups excluding carboxylic acids is 1. The molecule has 8 nitrogen and oxygen atoms in total.